The summed E-state index contributed by atoms with van der Waals surface area (Å²) in [6.45, 7) is 3.89. The highest BCUT2D eigenvalue weighted by Crippen LogP contribution is 2.31. The van der Waals surface area contributed by atoms with E-state index in [9.17, 15) is 14.4 Å². The summed E-state index contributed by atoms with van der Waals surface area (Å²) < 4.78 is 0. The van der Waals surface area contributed by atoms with Gasteiger partial charge in [-0.1, -0.05) is 24.8 Å². The minimum Gasteiger partial charge on any atom is -0.478 e. The van der Waals surface area contributed by atoms with Gasteiger partial charge in [0.15, 0.2) is 5.12 Å². The summed E-state index contributed by atoms with van der Waals surface area (Å²) >= 11 is 1.17. The molecule has 1 aromatic rings. The minimum atomic E-state index is -1.01. The van der Waals surface area contributed by atoms with Crippen molar-refractivity contribution in [2.45, 2.75) is 31.9 Å². The van der Waals surface area contributed by atoms with E-state index in [1.807, 2.05) is 6.92 Å². The molecule has 1 fully saturated rings. The van der Waals surface area contributed by atoms with Crippen molar-refractivity contribution in [1.29, 1.82) is 0 Å². The van der Waals surface area contributed by atoms with Gasteiger partial charge < -0.3 is 10.0 Å². The molecule has 0 aromatic heterocycles. The number of carbonyl (C=O) groups excluding carboxylic acids is 2. The zero-order chi connectivity index (χ0) is 15.6. The van der Waals surface area contributed by atoms with Crippen molar-refractivity contribution in [3.05, 3.63) is 29.3 Å². The molecule has 1 aromatic carbocycles. The molecule has 1 aliphatic heterocycles. The van der Waals surface area contributed by atoms with Crippen LogP contribution in [0.2, 0.25) is 0 Å². The quantitative estimate of drug-likeness (QED) is 0.924. The number of benzene rings is 1. The monoisotopic (exact) mass is 307 g/mol. The SMILES string of the molecule is CCc1ccc(C(=O)O)cc1N1CC(SC(C)=O)CC1=O. The summed E-state index contributed by atoms with van der Waals surface area (Å²) in [6.07, 6.45) is 1.02. The van der Waals surface area contributed by atoms with E-state index in [1.165, 1.54) is 18.7 Å². The van der Waals surface area contributed by atoms with Gasteiger partial charge in [0.1, 0.15) is 0 Å². The molecule has 0 aliphatic carbocycles. The molecule has 1 unspecified atom stereocenters. The number of carbonyl (C=O) groups is 3. The van der Waals surface area contributed by atoms with E-state index < -0.39 is 5.97 Å². The lowest BCUT2D eigenvalue weighted by Gasteiger charge is -2.20. The molecule has 1 atom stereocenters. The maximum absolute atomic E-state index is 12.2. The van der Waals surface area contributed by atoms with Gasteiger partial charge in [-0.05, 0) is 24.1 Å². The molecule has 1 amide bonds. The molecule has 21 heavy (non-hydrogen) atoms. The van der Waals surface area contributed by atoms with Crippen molar-refractivity contribution in [3.63, 3.8) is 0 Å². The molecule has 1 heterocycles. The predicted octanol–water partition coefficient (Wildman–Crippen LogP) is 2.33. The molecule has 6 heteroatoms. The molecule has 1 saturated heterocycles. The third kappa shape index (κ3) is 3.44. The van der Waals surface area contributed by atoms with Gasteiger partial charge in [-0.2, -0.15) is 0 Å². The molecule has 0 spiro atoms. The molecular formula is C15H17NO4S. The molecule has 0 radical (unpaired) electrons. The zero-order valence-electron chi connectivity index (χ0n) is 12.0. The van der Waals surface area contributed by atoms with Crippen LogP contribution in [-0.2, 0) is 16.0 Å². The normalized spacial score (nSPS) is 18.1. The fraction of sp³-hybridized carbons (Fsp3) is 0.400. The highest BCUT2D eigenvalue weighted by Gasteiger charge is 2.33. The van der Waals surface area contributed by atoms with Gasteiger partial charge in [-0.3, -0.25) is 9.59 Å². The first-order chi connectivity index (χ1) is 9.92. The van der Waals surface area contributed by atoms with E-state index in [0.717, 1.165) is 5.56 Å². The Kier molecular flexibility index (Phi) is 4.67. The molecule has 1 aliphatic rings. The molecule has 2 rings (SSSR count). The Labute approximate surface area is 127 Å². The highest BCUT2D eigenvalue weighted by atomic mass is 32.2. The van der Waals surface area contributed by atoms with Crippen molar-refractivity contribution in [3.8, 4) is 0 Å². The fourth-order valence-corrected chi connectivity index (χ4v) is 3.39. The number of hydrogen-bond acceptors (Lipinski definition) is 4. The van der Waals surface area contributed by atoms with E-state index in [0.29, 0.717) is 25.1 Å². The lowest BCUT2D eigenvalue weighted by Crippen LogP contribution is -2.26. The first kappa shape index (κ1) is 15.6. The Bertz CT molecular complexity index is 599. The number of aryl methyl sites for hydroxylation is 1. The van der Waals surface area contributed by atoms with Crippen LogP contribution in [0.1, 0.15) is 36.2 Å². The van der Waals surface area contributed by atoms with E-state index >= 15 is 0 Å². The number of hydrogen-bond donors (Lipinski definition) is 1. The van der Waals surface area contributed by atoms with Crippen LogP contribution in [0.15, 0.2) is 18.2 Å². The van der Waals surface area contributed by atoms with Crippen LogP contribution in [0.4, 0.5) is 5.69 Å². The van der Waals surface area contributed by atoms with Gasteiger partial charge in [0.05, 0.1) is 5.56 Å². The second-order valence-corrected chi connectivity index (χ2v) is 6.42. The summed E-state index contributed by atoms with van der Waals surface area (Å²) in [5.74, 6) is -1.08. The predicted molar refractivity (Wildman–Crippen MR) is 81.8 cm³/mol. The Morgan fingerprint density at radius 2 is 2.14 bits per heavy atom. The Hall–Kier alpha value is -1.82. The van der Waals surface area contributed by atoms with Crippen LogP contribution >= 0.6 is 11.8 Å². The molecule has 5 nitrogen and oxygen atoms in total. The third-order valence-electron chi connectivity index (χ3n) is 3.43. The van der Waals surface area contributed by atoms with E-state index in [4.69, 9.17) is 5.11 Å². The average molecular weight is 307 g/mol. The van der Waals surface area contributed by atoms with Crippen LogP contribution in [0, 0.1) is 0 Å². The van der Waals surface area contributed by atoms with Crippen molar-refractivity contribution in [2.24, 2.45) is 0 Å². The summed E-state index contributed by atoms with van der Waals surface area (Å²) in [5, 5.41) is 9.03. The number of anilines is 1. The topological polar surface area (TPSA) is 74.7 Å². The lowest BCUT2D eigenvalue weighted by atomic mass is 10.1. The van der Waals surface area contributed by atoms with Crippen LogP contribution < -0.4 is 4.90 Å². The molecule has 0 saturated carbocycles. The van der Waals surface area contributed by atoms with Crippen molar-refractivity contribution in [1.82, 2.24) is 0 Å². The van der Waals surface area contributed by atoms with Gasteiger partial charge in [-0.25, -0.2) is 4.79 Å². The van der Waals surface area contributed by atoms with E-state index in [-0.39, 0.29) is 21.8 Å². The van der Waals surface area contributed by atoms with Crippen LogP contribution in [0.3, 0.4) is 0 Å². The molecular weight excluding hydrogens is 290 g/mol. The Balaban J connectivity index is 2.32. The van der Waals surface area contributed by atoms with Gasteiger partial charge in [0, 0.05) is 30.8 Å². The largest absolute Gasteiger partial charge is 0.478 e. The first-order valence-corrected chi connectivity index (χ1v) is 7.64. The van der Waals surface area contributed by atoms with E-state index in [1.54, 1.807) is 23.1 Å². The number of aromatic carboxylic acids is 1. The summed E-state index contributed by atoms with van der Waals surface area (Å²) in [5.41, 5.74) is 1.74. The smallest absolute Gasteiger partial charge is 0.335 e. The number of carboxylic acid groups (broad SMARTS) is 1. The highest BCUT2D eigenvalue weighted by molar-refractivity contribution is 8.14. The van der Waals surface area contributed by atoms with Crippen molar-refractivity contribution in [2.75, 3.05) is 11.4 Å². The molecule has 112 valence electrons. The van der Waals surface area contributed by atoms with Crippen LogP contribution in [-0.4, -0.2) is 33.9 Å². The average Bonchev–Trinajstić information content (AvgIpc) is 2.77. The number of nitrogens with zero attached hydrogens (tertiary/aromatic N) is 1. The minimum absolute atomic E-state index is 0.00958. The fourth-order valence-electron chi connectivity index (χ4n) is 2.47. The van der Waals surface area contributed by atoms with Gasteiger partial charge >= 0.3 is 5.97 Å². The van der Waals surface area contributed by atoms with Crippen LogP contribution in [0.25, 0.3) is 0 Å². The summed E-state index contributed by atoms with van der Waals surface area (Å²) in [4.78, 5) is 36.1. The first-order valence-electron chi connectivity index (χ1n) is 6.76. The number of rotatable bonds is 4. The van der Waals surface area contributed by atoms with Crippen LogP contribution in [0.5, 0.6) is 0 Å². The molecule has 0 bridgehead atoms. The van der Waals surface area contributed by atoms with Crippen molar-refractivity contribution < 1.29 is 19.5 Å². The Morgan fingerprint density at radius 3 is 2.71 bits per heavy atom. The summed E-state index contributed by atoms with van der Waals surface area (Å²) in [7, 11) is 0. The lowest BCUT2D eigenvalue weighted by molar-refractivity contribution is -0.117. The second kappa shape index (κ2) is 6.30. The number of amides is 1. The maximum Gasteiger partial charge on any atom is 0.335 e. The Morgan fingerprint density at radius 1 is 1.43 bits per heavy atom. The number of carboxylic acids is 1. The van der Waals surface area contributed by atoms with Gasteiger partial charge in [0.25, 0.3) is 0 Å². The second-order valence-electron chi connectivity index (χ2n) is 4.94. The van der Waals surface area contributed by atoms with Crippen molar-refractivity contribution >= 4 is 34.4 Å². The zero-order valence-corrected chi connectivity index (χ0v) is 12.8. The number of thioether (sulfide) groups is 1. The van der Waals surface area contributed by atoms with E-state index in [2.05, 4.69) is 0 Å². The van der Waals surface area contributed by atoms with Gasteiger partial charge in [0.2, 0.25) is 5.91 Å². The molecule has 1 N–H and O–H groups in total. The maximum atomic E-state index is 12.2. The summed E-state index contributed by atoms with van der Waals surface area (Å²) in [6, 6.07) is 4.84. The third-order valence-corrected chi connectivity index (χ3v) is 4.41. The standard InChI is InChI=1S/C15H17NO4S/c1-3-10-4-5-11(15(19)20)6-13(10)16-8-12(7-14(16)18)21-9(2)17/h4-6,12H,3,7-8H2,1-2H3,(H,19,20). The van der Waals surface area contributed by atoms with Gasteiger partial charge in [-0.15, -0.1) is 0 Å².